The molecule has 0 spiro atoms. The van der Waals surface area contributed by atoms with Gasteiger partial charge in [-0.2, -0.15) is 0 Å². The molecule has 0 fully saturated rings. The van der Waals surface area contributed by atoms with Crippen molar-refractivity contribution in [1.82, 2.24) is 15.6 Å². The third-order valence-corrected chi connectivity index (χ3v) is 4.19. The van der Waals surface area contributed by atoms with E-state index < -0.39 is 0 Å². The predicted molar refractivity (Wildman–Crippen MR) is 88.5 cm³/mol. The highest BCUT2D eigenvalue weighted by Crippen LogP contribution is 2.20. The first-order chi connectivity index (χ1) is 11.1. The lowest BCUT2D eigenvalue weighted by Gasteiger charge is -2.04. The molecule has 2 N–H and O–H groups in total. The summed E-state index contributed by atoms with van der Waals surface area (Å²) in [5.74, 6) is 0.140. The molecular formula is C16H20FN3O2S. The molecular weight excluding hydrogens is 317 g/mol. The summed E-state index contributed by atoms with van der Waals surface area (Å²) in [5.41, 5.74) is 0.689. The standard InChI is InChI=1S/C16H20FN3O2S/c1-3-18-8-9-19-16(21)15-11(2)20-14(23-15)10-22-13-6-4-12(17)5-7-13/h4-7,18H,3,8-10H2,1-2H3,(H,19,21). The summed E-state index contributed by atoms with van der Waals surface area (Å²) in [4.78, 5) is 17.1. The number of nitrogens with zero attached hydrogens (tertiary/aromatic N) is 1. The molecule has 0 bridgehead atoms. The van der Waals surface area contributed by atoms with Crippen molar-refractivity contribution >= 4 is 17.2 Å². The summed E-state index contributed by atoms with van der Waals surface area (Å²) >= 11 is 1.31. The number of ether oxygens (including phenoxy) is 1. The fourth-order valence-corrected chi connectivity index (χ4v) is 2.82. The van der Waals surface area contributed by atoms with Crippen molar-refractivity contribution in [3.8, 4) is 5.75 Å². The van der Waals surface area contributed by atoms with Gasteiger partial charge in [-0.15, -0.1) is 11.3 Å². The molecule has 0 saturated carbocycles. The van der Waals surface area contributed by atoms with Gasteiger partial charge in [0.1, 0.15) is 28.1 Å². The number of amides is 1. The molecule has 0 aliphatic carbocycles. The Bertz CT molecular complexity index is 643. The van der Waals surface area contributed by atoms with Crippen LogP contribution in [0.25, 0.3) is 0 Å². The lowest BCUT2D eigenvalue weighted by Crippen LogP contribution is -2.31. The van der Waals surface area contributed by atoms with E-state index in [1.807, 2.05) is 6.92 Å². The Morgan fingerprint density at radius 3 is 2.74 bits per heavy atom. The zero-order chi connectivity index (χ0) is 16.7. The maximum atomic E-state index is 12.8. The lowest BCUT2D eigenvalue weighted by atomic mass is 10.3. The van der Waals surface area contributed by atoms with Crippen LogP contribution in [-0.4, -0.2) is 30.5 Å². The number of benzene rings is 1. The molecule has 7 heteroatoms. The molecule has 23 heavy (non-hydrogen) atoms. The molecule has 124 valence electrons. The number of carbonyl (C=O) groups is 1. The van der Waals surface area contributed by atoms with E-state index >= 15 is 0 Å². The Morgan fingerprint density at radius 1 is 1.30 bits per heavy atom. The van der Waals surface area contributed by atoms with Crippen molar-refractivity contribution in [3.05, 3.63) is 45.7 Å². The minimum absolute atomic E-state index is 0.120. The Kier molecular flexibility index (Phi) is 6.49. The number of halogens is 1. The number of likely N-dealkylation sites (N-methyl/N-ethyl adjacent to an activating group) is 1. The summed E-state index contributed by atoms with van der Waals surface area (Å²) in [6.07, 6.45) is 0. The second kappa shape index (κ2) is 8.59. The van der Waals surface area contributed by atoms with Crippen molar-refractivity contribution < 1.29 is 13.9 Å². The van der Waals surface area contributed by atoms with Crippen LogP contribution in [0.2, 0.25) is 0 Å². The van der Waals surface area contributed by atoms with Crippen molar-refractivity contribution in [2.75, 3.05) is 19.6 Å². The van der Waals surface area contributed by atoms with Gasteiger partial charge in [0.2, 0.25) is 0 Å². The maximum absolute atomic E-state index is 12.8. The Labute approximate surface area is 138 Å². The Hall–Kier alpha value is -1.99. The number of rotatable bonds is 8. The normalized spacial score (nSPS) is 10.6. The van der Waals surface area contributed by atoms with Gasteiger partial charge in [0.25, 0.3) is 5.91 Å². The van der Waals surface area contributed by atoms with Crippen LogP contribution in [-0.2, 0) is 6.61 Å². The predicted octanol–water partition coefficient (Wildman–Crippen LogP) is 2.51. The van der Waals surface area contributed by atoms with E-state index in [4.69, 9.17) is 4.74 Å². The number of hydrogen-bond acceptors (Lipinski definition) is 5. The average Bonchev–Trinajstić information content (AvgIpc) is 2.92. The van der Waals surface area contributed by atoms with Gasteiger partial charge in [-0.25, -0.2) is 9.37 Å². The monoisotopic (exact) mass is 337 g/mol. The summed E-state index contributed by atoms with van der Waals surface area (Å²) in [7, 11) is 0. The van der Waals surface area contributed by atoms with Gasteiger partial charge >= 0.3 is 0 Å². The number of hydrogen-bond donors (Lipinski definition) is 2. The molecule has 1 aromatic heterocycles. The molecule has 0 aliphatic heterocycles. The molecule has 2 rings (SSSR count). The van der Waals surface area contributed by atoms with Crippen LogP contribution in [0.3, 0.4) is 0 Å². The molecule has 1 amide bonds. The Balaban J connectivity index is 1.89. The molecule has 0 atom stereocenters. The van der Waals surface area contributed by atoms with E-state index in [1.54, 1.807) is 19.1 Å². The first-order valence-electron chi connectivity index (χ1n) is 7.43. The van der Waals surface area contributed by atoms with Gasteiger partial charge in [0, 0.05) is 13.1 Å². The summed E-state index contributed by atoms with van der Waals surface area (Å²) in [6.45, 7) is 6.26. The van der Waals surface area contributed by atoms with Crippen LogP contribution in [0, 0.1) is 12.7 Å². The van der Waals surface area contributed by atoms with Crippen molar-refractivity contribution in [1.29, 1.82) is 0 Å². The number of thiazole rings is 1. The first kappa shape index (κ1) is 17.4. The fraction of sp³-hybridized carbons (Fsp3) is 0.375. The van der Waals surface area contributed by atoms with Crippen LogP contribution in [0.5, 0.6) is 5.75 Å². The van der Waals surface area contributed by atoms with E-state index in [2.05, 4.69) is 15.6 Å². The van der Waals surface area contributed by atoms with Crippen LogP contribution in [0.15, 0.2) is 24.3 Å². The number of carbonyl (C=O) groups excluding carboxylic acids is 1. The average molecular weight is 337 g/mol. The molecule has 1 heterocycles. The second-order valence-corrected chi connectivity index (χ2v) is 5.96. The zero-order valence-electron chi connectivity index (χ0n) is 13.2. The molecule has 0 unspecified atom stereocenters. The molecule has 2 aromatic rings. The number of aromatic nitrogens is 1. The van der Waals surface area contributed by atoms with Gasteiger partial charge in [0.05, 0.1) is 5.69 Å². The SMILES string of the molecule is CCNCCNC(=O)c1sc(COc2ccc(F)cc2)nc1C. The van der Waals surface area contributed by atoms with Gasteiger partial charge in [0.15, 0.2) is 0 Å². The van der Waals surface area contributed by atoms with E-state index in [-0.39, 0.29) is 18.3 Å². The molecule has 0 saturated heterocycles. The van der Waals surface area contributed by atoms with E-state index in [0.29, 0.717) is 27.9 Å². The highest BCUT2D eigenvalue weighted by atomic mass is 32.1. The third kappa shape index (κ3) is 5.30. The minimum Gasteiger partial charge on any atom is -0.486 e. The highest BCUT2D eigenvalue weighted by molar-refractivity contribution is 7.13. The topological polar surface area (TPSA) is 63.2 Å². The third-order valence-electron chi connectivity index (χ3n) is 3.06. The quantitative estimate of drug-likeness (QED) is 0.727. The first-order valence-corrected chi connectivity index (χ1v) is 8.25. The molecule has 0 radical (unpaired) electrons. The van der Waals surface area contributed by atoms with Gasteiger partial charge in [-0.05, 0) is 37.7 Å². The summed E-state index contributed by atoms with van der Waals surface area (Å²) < 4.78 is 18.4. The van der Waals surface area contributed by atoms with Crippen LogP contribution >= 0.6 is 11.3 Å². The van der Waals surface area contributed by atoms with E-state index in [1.165, 1.54) is 23.5 Å². The van der Waals surface area contributed by atoms with Crippen LogP contribution in [0.4, 0.5) is 4.39 Å². The molecule has 0 aliphatic rings. The van der Waals surface area contributed by atoms with Crippen LogP contribution < -0.4 is 15.4 Å². The van der Waals surface area contributed by atoms with Gasteiger partial charge in [-0.3, -0.25) is 4.79 Å². The zero-order valence-corrected chi connectivity index (χ0v) is 14.0. The van der Waals surface area contributed by atoms with Crippen molar-refractivity contribution in [3.63, 3.8) is 0 Å². The fourth-order valence-electron chi connectivity index (χ4n) is 1.92. The van der Waals surface area contributed by atoms with Crippen molar-refractivity contribution in [2.24, 2.45) is 0 Å². The van der Waals surface area contributed by atoms with E-state index in [0.717, 1.165) is 13.1 Å². The summed E-state index contributed by atoms with van der Waals surface area (Å²) in [6, 6.07) is 5.80. The molecule has 5 nitrogen and oxygen atoms in total. The van der Waals surface area contributed by atoms with Crippen LogP contribution in [0.1, 0.15) is 27.3 Å². The highest BCUT2D eigenvalue weighted by Gasteiger charge is 2.15. The minimum atomic E-state index is -0.307. The molecule has 1 aromatic carbocycles. The Morgan fingerprint density at radius 2 is 2.04 bits per heavy atom. The van der Waals surface area contributed by atoms with E-state index in [9.17, 15) is 9.18 Å². The van der Waals surface area contributed by atoms with Gasteiger partial charge < -0.3 is 15.4 Å². The summed E-state index contributed by atoms with van der Waals surface area (Å²) in [5, 5.41) is 6.71. The smallest absolute Gasteiger partial charge is 0.263 e. The largest absolute Gasteiger partial charge is 0.486 e. The van der Waals surface area contributed by atoms with Gasteiger partial charge in [-0.1, -0.05) is 6.92 Å². The number of nitrogens with one attached hydrogen (secondary N) is 2. The second-order valence-electron chi connectivity index (χ2n) is 4.87. The number of aryl methyl sites for hydroxylation is 1. The maximum Gasteiger partial charge on any atom is 0.263 e. The van der Waals surface area contributed by atoms with Crippen molar-refractivity contribution in [2.45, 2.75) is 20.5 Å². The lowest BCUT2D eigenvalue weighted by molar-refractivity contribution is 0.0957.